The van der Waals surface area contributed by atoms with Gasteiger partial charge in [0, 0.05) is 41.4 Å². The van der Waals surface area contributed by atoms with Gasteiger partial charge in [-0.25, -0.2) is 9.69 Å². The first-order chi connectivity index (χ1) is 19.2. The van der Waals surface area contributed by atoms with Crippen LogP contribution in [-0.4, -0.2) is 40.5 Å². The number of likely N-dealkylation sites (N-methyl/N-ethyl adjacent to an activating group) is 1. The summed E-state index contributed by atoms with van der Waals surface area (Å²) in [4.78, 5) is 57.3. The molecule has 3 aliphatic heterocycles. The van der Waals surface area contributed by atoms with Gasteiger partial charge in [0.2, 0.25) is 0 Å². The number of hydrogen-bond acceptors (Lipinski definition) is 7. The van der Waals surface area contributed by atoms with Gasteiger partial charge in [0.15, 0.2) is 5.54 Å². The Morgan fingerprint density at radius 3 is 2.32 bits per heavy atom. The summed E-state index contributed by atoms with van der Waals surface area (Å²) in [5.41, 5.74) is -2.57. The van der Waals surface area contributed by atoms with E-state index in [4.69, 9.17) is 17.0 Å². The largest absolute Gasteiger partial charge is 0.443 e. The predicted molar refractivity (Wildman–Crippen MR) is 156 cm³/mol. The summed E-state index contributed by atoms with van der Waals surface area (Å²) in [6.07, 6.45) is 2.34. The first-order valence-corrected chi connectivity index (χ1v) is 14.2. The van der Waals surface area contributed by atoms with Crippen LogP contribution in [0.1, 0.15) is 69.6 Å². The van der Waals surface area contributed by atoms with Gasteiger partial charge in [0.05, 0.1) is 15.6 Å². The van der Waals surface area contributed by atoms with Crippen LogP contribution < -0.4 is 15.1 Å². The number of non-ortho nitro benzene ring substituents is 1. The highest BCUT2D eigenvalue weighted by atomic mass is 32.1. The molecule has 3 spiro atoms. The summed E-state index contributed by atoms with van der Waals surface area (Å²) in [6, 6.07) is 9.81. The van der Waals surface area contributed by atoms with Gasteiger partial charge in [-0.15, -0.1) is 0 Å². The molecule has 1 saturated carbocycles. The van der Waals surface area contributed by atoms with Crippen LogP contribution in [0.25, 0.3) is 0 Å². The summed E-state index contributed by atoms with van der Waals surface area (Å²) in [5.74, 6) is -0.884. The number of nitrogens with zero attached hydrogens (tertiary/aromatic N) is 3. The lowest BCUT2D eigenvalue weighted by Crippen LogP contribution is -2.62. The van der Waals surface area contributed by atoms with Crippen molar-refractivity contribution in [3.05, 3.63) is 63.2 Å². The molecule has 0 unspecified atom stereocenters. The molecule has 214 valence electrons. The lowest BCUT2D eigenvalue weighted by Gasteiger charge is -2.50. The van der Waals surface area contributed by atoms with E-state index < -0.39 is 38.9 Å². The number of benzene rings is 2. The summed E-state index contributed by atoms with van der Waals surface area (Å²) in [7, 11) is 1.71. The Bertz CT molecular complexity index is 1580. The number of amides is 3. The second kappa shape index (κ2) is 8.58. The summed E-state index contributed by atoms with van der Waals surface area (Å²) in [6.45, 7) is 7.04. The zero-order valence-corrected chi connectivity index (χ0v) is 24.5. The van der Waals surface area contributed by atoms with E-state index in [9.17, 15) is 24.5 Å². The van der Waals surface area contributed by atoms with Crippen molar-refractivity contribution in [2.45, 2.75) is 76.4 Å². The molecule has 4 aliphatic rings. The quantitative estimate of drug-likeness (QED) is 0.280. The summed E-state index contributed by atoms with van der Waals surface area (Å²) >= 11 is 6.07. The van der Waals surface area contributed by atoms with Gasteiger partial charge in [-0.1, -0.05) is 49.2 Å². The van der Waals surface area contributed by atoms with Crippen LogP contribution in [0.5, 0.6) is 0 Å². The average Bonchev–Trinajstić information content (AvgIpc) is 3.38. The Labute approximate surface area is 243 Å². The number of anilines is 2. The molecule has 1 aliphatic carbocycles. The molecule has 3 heterocycles. The first kappa shape index (κ1) is 27.3. The van der Waals surface area contributed by atoms with Gasteiger partial charge in [-0.2, -0.15) is 0 Å². The number of carbonyl (C=O) groups is 3. The normalized spacial score (nSPS) is 26.1. The van der Waals surface area contributed by atoms with Gasteiger partial charge >= 0.3 is 6.09 Å². The maximum absolute atomic E-state index is 15.0. The Kier molecular flexibility index (Phi) is 5.71. The molecule has 10 nitrogen and oxygen atoms in total. The monoisotopic (exact) mass is 576 g/mol. The smallest absolute Gasteiger partial charge is 0.421 e. The fourth-order valence-corrected chi connectivity index (χ4v) is 8.33. The summed E-state index contributed by atoms with van der Waals surface area (Å²) < 4.78 is 5.66. The lowest BCUT2D eigenvalue weighted by molar-refractivity contribution is -0.384. The molecule has 2 fully saturated rings. The molecule has 2 aromatic rings. The number of imide groups is 1. The van der Waals surface area contributed by atoms with Gasteiger partial charge < -0.3 is 15.0 Å². The van der Waals surface area contributed by atoms with Crippen LogP contribution in [0, 0.1) is 22.5 Å². The molecule has 2 aromatic carbocycles. The third-order valence-electron chi connectivity index (χ3n) is 9.26. The van der Waals surface area contributed by atoms with Gasteiger partial charge in [-0.05, 0) is 52.7 Å². The number of thiocarbonyl (C=S) groups is 1. The van der Waals surface area contributed by atoms with E-state index in [1.165, 1.54) is 18.2 Å². The van der Waals surface area contributed by atoms with Crippen molar-refractivity contribution in [1.29, 1.82) is 0 Å². The average molecular weight is 577 g/mol. The maximum Gasteiger partial charge on any atom is 0.421 e. The van der Waals surface area contributed by atoms with E-state index >= 15 is 0 Å². The maximum atomic E-state index is 15.0. The highest BCUT2D eigenvalue weighted by Gasteiger charge is 2.81. The van der Waals surface area contributed by atoms with Gasteiger partial charge in [-0.3, -0.25) is 19.7 Å². The van der Waals surface area contributed by atoms with Gasteiger partial charge in [0.1, 0.15) is 11.0 Å². The van der Waals surface area contributed by atoms with Crippen molar-refractivity contribution in [1.82, 2.24) is 5.32 Å². The van der Waals surface area contributed by atoms with E-state index in [1.54, 1.807) is 32.7 Å². The Morgan fingerprint density at radius 1 is 1.02 bits per heavy atom. The minimum Gasteiger partial charge on any atom is -0.443 e. The van der Waals surface area contributed by atoms with Crippen LogP contribution in [0.2, 0.25) is 0 Å². The number of nitrogens with one attached hydrogen (secondary N) is 1. The third-order valence-corrected chi connectivity index (χ3v) is 9.67. The number of rotatable bonds is 1. The van der Waals surface area contributed by atoms with Crippen LogP contribution >= 0.6 is 12.2 Å². The molecule has 1 saturated heterocycles. The molecule has 0 aromatic heterocycles. The zero-order chi connectivity index (χ0) is 29.7. The van der Waals surface area contributed by atoms with Gasteiger partial charge in [0.25, 0.3) is 17.5 Å². The second-order valence-electron chi connectivity index (χ2n) is 12.6. The van der Waals surface area contributed by atoms with E-state index in [2.05, 4.69) is 5.32 Å². The molecular formula is C30H32N4O6S. The fraction of sp³-hybridized carbons (Fsp3) is 0.467. The van der Waals surface area contributed by atoms with Crippen molar-refractivity contribution in [2.75, 3.05) is 16.8 Å². The molecule has 1 N–H and O–H groups in total. The van der Waals surface area contributed by atoms with Crippen molar-refractivity contribution < 1.29 is 24.0 Å². The molecule has 41 heavy (non-hydrogen) atoms. The predicted octanol–water partition coefficient (Wildman–Crippen LogP) is 5.18. The highest BCUT2D eigenvalue weighted by molar-refractivity contribution is 7.80. The minimum absolute atomic E-state index is 0.0910. The molecular weight excluding hydrogens is 544 g/mol. The number of nitro benzene ring substituents is 1. The fourth-order valence-electron chi connectivity index (χ4n) is 7.79. The molecule has 6 rings (SSSR count). The third kappa shape index (κ3) is 3.23. The highest BCUT2D eigenvalue weighted by Crippen LogP contribution is 2.70. The lowest BCUT2D eigenvalue weighted by atomic mass is 9.48. The number of nitro groups is 1. The van der Waals surface area contributed by atoms with Crippen LogP contribution in [-0.2, 0) is 25.3 Å². The number of aryl methyl sites for hydroxylation is 1. The Morgan fingerprint density at radius 2 is 1.68 bits per heavy atom. The molecule has 0 bridgehead atoms. The van der Waals surface area contributed by atoms with E-state index in [0.29, 0.717) is 18.5 Å². The molecule has 0 radical (unpaired) electrons. The van der Waals surface area contributed by atoms with Crippen LogP contribution in [0.3, 0.4) is 0 Å². The van der Waals surface area contributed by atoms with Crippen LogP contribution in [0.4, 0.5) is 21.9 Å². The van der Waals surface area contributed by atoms with Crippen molar-refractivity contribution in [3.63, 3.8) is 0 Å². The number of carbonyl (C=O) groups excluding carboxylic acids is 3. The number of hydrogen-bond donors (Lipinski definition) is 1. The van der Waals surface area contributed by atoms with E-state index in [1.807, 2.05) is 25.1 Å². The standard InChI is InChI=1S/C30H32N4O6S/c1-17-9-11-21-20(15-17)30(25(36)32(21)5)28(13-7-6-8-14-28)29(23(41)31-30)19-16-18(34(38)39)10-12-22(19)33(24(29)35)26(37)40-27(2,3)4/h9-12,15-16H,6-8,13-14H2,1-5H3,(H,31,41)/t29-,30-/m1/s1. The second-order valence-corrected chi connectivity index (χ2v) is 13.0. The molecule has 11 heteroatoms. The zero-order valence-electron chi connectivity index (χ0n) is 23.7. The van der Waals surface area contributed by atoms with E-state index in [0.717, 1.165) is 35.3 Å². The van der Waals surface area contributed by atoms with Crippen LogP contribution in [0.15, 0.2) is 36.4 Å². The summed E-state index contributed by atoms with van der Waals surface area (Å²) in [5, 5.41) is 15.4. The number of fused-ring (bicyclic) bond motifs is 6. The molecule has 2 atom stereocenters. The van der Waals surface area contributed by atoms with Crippen molar-refractivity contribution >= 4 is 52.2 Å². The number of ether oxygens (including phenoxy) is 1. The topological polar surface area (TPSA) is 122 Å². The van der Waals surface area contributed by atoms with E-state index in [-0.39, 0.29) is 27.8 Å². The van der Waals surface area contributed by atoms with Crippen molar-refractivity contribution in [2.24, 2.45) is 5.41 Å². The Hall–Kier alpha value is -3.86. The SMILES string of the molecule is Cc1ccc2c(c1)[C@@]1(NC(=S)[C@]3(C(=O)N(C(=O)OC(C)(C)C)c4ccc([N+](=O)[O-])cc43)C13CCCCC3)C(=O)N2C. The van der Waals surface area contributed by atoms with Crippen molar-refractivity contribution in [3.8, 4) is 0 Å². The Balaban J connectivity index is 1.70. The first-order valence-electron chi connectivity index (χ1n) is 13.8. The molecule has 3 amide bonds. The minimum atomic E-state index is -1.71.